The molecule has 0 saturated heterocycles. The van der Waals surface area contributed by atoms with E-state index in [2.05, 4.69) is 15.8 Å². The van der Waals surface area contributed by atoms with E-state index in [1.807, 2.05) is 13.8 Å². The minimum Gasteiger partial charge on any atom is -0.490 e. The predicted molar refractivity (Wildman–Crippen MR) is 109 cm³/mol. The van der Waals surface area contributed by atoms with Crippen molar-refractivity contribution in [2.24, 2.45) is 5.10 Å². The van der Waals surface area contributed by atoms with Crippen molar-refractivity contribution in [3.63, 3.8) is 0 Å². The van der Waals surface area contributed by atoms with Crippen molar-refractivity contribution in [2.75, 3.05) is 18.5 Å². The van der Waals surface area contributed by atoms with Crippen LogP contribution < -0.4 is 20.2 Å². The van der Waals surface area contributed by atoms with E-state index in [0.717, 1.165) is 5.56 Å². The van der Waals surface area contributed by atoms with Crippen molar-refractivity contribution >= 4 is 23.7 Å². The van der Waals surface area contributed by atoms with E-state index in [-0.39, 0.29) is 24.6 Å². The normalized spacial score (nSPS) is 10.6. The number of hydrogen-bond acceptors (Lipinski definition) is 5. The van der Waals surface area contributed by atoms with Crippen molar-refractivity contribution in [3.8, 4) is 11.5 Å². The molecule has 7 nitrogen and oxygen atoms in total. The SMILES string of the molecule is CCOc1ccc(C=NNC(=O)CCC(=O)Nc2ccc(F)cc2)cc1OCC. The lowest BCUT2D eigenvalue weighted by molar-refractivity contribution is -0.124. The van der Waals surface area contributed by atoms with E-state index in [9.17, 15) is 14.0 Å². The minimum absolute atomic E-state index is 0.0176. The first kappa shape index (κ1) is 21.9. The number of halogens is 1. The van der Waals surface area contributed by atoms with Crippen LogP contribution in [0, 0.1) is 5.82 Å². The highest BCUT2D eigenvalue weighted by molar-refractivity contribution is 5.93. The first-order valence-corrected chi connectivity index (χ1v) is 9.28. The molecular weight excluding hydrogens is 377 g/mol. The van der Waals surface area contributed by atoms with E-state index in [1.165, 1.54) is 30.5 Å². The Labute approximate surface area is 168 Å². The summed E-state index contributed by atoms with van der Waals surface area (Å²) in [6.07, 6.45) is 1.43. The molecule has 154 valence electrons. The van der Waals surface area contributed by atoms with E-state index >= 15 is 0 Å². The summed E-state index contributed by atoms with van der Waals surface area (Å²) in [6, 6.07) is 10.7. The third kappa shape index (κ3) is 7.61. The second-order valence-corrected chi connectivity index (χ2v) is 5.92. The van der Waals surface area contributed by atoms with Gasteiger partial charge in [-0.05, 0) is 61.9 Å². The van der Waals surface area contributed by atoms with E-state index in [4.69, 9.17) is 9.47 Å². The molecule has 0 spiro atoms. The van der Waals surface area contributed by atoms with Gasteiger partial charge in [0, 0.05) is 18.5 Å². The second kappa shape index (κ2) is 11.4. The van der Waals surface area contributed by atoms with Gasteiger partial charge in [0.1, 0.15) is 5.82 Å². The lowest BCUT2D eigenvalue weighted by Gasteiger charge is -2.11. The van der Waals surface area contributed by atoms with Gasteiger partial charge in [-0.2, -0.15) is 5.10 Å². The first-order chi connectivity index (χ1) is 14.0. The third-order valence-electron chi connectivity index (χ3n) is 3.68. The number of rotatable bonds is 10. The maximum absolute atomic E-state index is 12.8. The van der Waals surface area contributed by atoms with Crippen LogP contribution in [-0.2, 0) is 9.59 Å². The van der Waals surface area contributed by atoms with Crippen LogP contribution in [0.1, 0.15) is 32.3 Å². The Kier molecular flexibility index (Phi) is 8.62. The number of ether oxygens (including phenoxy) is 2. The number of nitrogens with one attached hydrogen (secondary N) is 2. The molecule has 0 atom stereocenters. The fourth-order valence-electron chi connectivity index (χ4n) is 2.37. The Morgan fingerprint density at radius 1 is 0.966 bits per heavy atom. The van der Waals surface area contributed by atoms with Crippen LogP contribution in [0.5, 0.6) is 11.5 Å². The zero-order valence-corrected chi connectivity index (χ0v) is 16.4. The van der Waals surface area contributed by atoms with Gasteiger partial charge in [0.05, 0.1) is 19.4 Å². The Morgan fingerprint density at radius 3 is 2.31 bits per heavy atom. The number of hydrogen-bond donors (Lipinski definition) is 2. The quantitative estimate of drug-likeness (QED) is 0.471. The van der Waals surface area contributed by atoms with Crippen molar-refractivity contribution in [1.29, 1.82) is 0 Å². The number of nitrogens with zero attached hydrogens (tertiary/aromatic N) is 1. The van der Waals surface area contributed by atoms with E-state index in [1.54, 1.807) is 18.2 Å². The van der Waals surface area contributed by atoms with Crippen molar-refractivity contribution in [3.05, 3.63) is 53.8 Å². The van der Waals surface area contributed by atoms with Gasteiger partial charge >= 0.3 is 0 Å². The molecule has 0 fully saturated rings. The number of amides is 2. The molecule has 2 aromatic rings. The molecule has 2 aromatic carbocycles. The van der Waals surface area contributed by atoms with Gasteiger partial charge in [0.2, 0.25) is 11.8 Å². The first-order valence-electron chi connectivity index (χ1n) is 9.28. The molecule has 0 aliphatic carbocycles. The number of carbonyl (C=O) groups is 2. The van der Waals surface area contributed by atoms with Crippen LogP contribution in [0.25, 0.3) is 0 Å². The lowest BCUT2D eigenvalue weighted by atomic mass is 10.2. The fraction of sp³-hybridized carbons (Fsp3) is 0.286. The summed E-state index contributed by atoms with van der Waals surface area (Å²) in [7, 11) is 0. The Morgan fingerprint density at radius 2 is 1.62 bits per heavy atom. The van der Waals surface area contributed by atoms with Crippen molar-refractivity contribution in [2.45, 2.75) is 26.7 Å². The van der Waals surface area contributed by atoms with Crippen molar-refractivity contribution in [1.82, 2.24) is 5.43 Å². The van der Waals surface area contributed by atoms with Gasteiger partial charge in [-0.25, -0.2) is 9.82 Å². The zero-order chi connectivity index (χ0) is 21.1. The number of carbonyl (C=O) groups excluding carboxylic acids is 2. The summed E-state index contributed by atoms with van der Waals surface area (Å²) < 4.78 is 23.9. The average Bonchev–Trinajstić information content (AvgIpc) is 2.70. The highest BCUT2D eigenvalue weighted by atomic mass is 19.1. The van der Waals surface area contributed by atoms with Gasteiger partial charge in [0.25, 0.3) is 0 Å². The van der Waals surface area contributed by atoms with Gasteiger partial charge in [-0.1, -0.05) is 0 Å². The molecule has 0 bridgehead atoms. The summed E-state index contributed by atoms with van der Waals surface area (Å²) >= 11 is 0. The summed E-state index contributed by atoms with van der Waals surface area (Å²) in [6.45, 7) is 4.79. The average molecular weight is 401 g/mol. The van der Waals surface area contributed by atoms with E-state index in [0.29, 0.717) is 30.4 Å². The summed E-state index contributed by atoms with van der Waals surface area (Å²) in [5, 5.41) is 6.49. The molecule has 0 aromatic heterocycles. The molecule has 8 heteroatoms. The number of hydrazone groups is 1. The molecule has 0 aliphatic rings. The molecule has 2 N–H and O–H groups in total. The van der Waals surface area contributed by atoms with Crippen LogP contribution in [-0.4, -0.2) is 31.2 Å². The molecule has 0 unspecified atom stereocenters. The minimum atomic E-state index is -0.397. The maximum Gasteiger partial charge on any atom is 0.240 e. The molecule has 2 amide bonds. The molecule has 0 radical (unpaired) electrons. The lowest BCUT2D eigenvalue weighted by Crippen LogP contribution is -2.20. The maximum atomic E-state index is 12.8. The fourth-order valence-corrected chi connectivity index (χ4v) is 2.37. The Bertz CT molecular complexity index is 854. The van der Waals surface area contributed by atoms with E-state index < -0.39 is 5.91 Å². The Balaban J connectivity index is 1.80. The summed E-state index contributed by atoms with van der Waals surface area (Å²) in [5.74, 6) is 0.112. The topological polar surface area (TPSA) is 89.0 Å². The molecular formula is C21H24FN3O4. The Hall–Kier alpha value is -3.42. The van der Waals surface area contributed by atoms with Crippen molar-refractivity contribution < 1.29 is 23.5 Å². The number of benzene rings is 2. The third-order valence-corrected chi connectivity index (χ3v) is 3.68. The van der Waals surface area contributed by atoms with Crippen LogP contribution in [0.2, 0.25) is 0 Å². The van der Waals surface area contributed by atoms with Gasteiger partial charge in [-0.3, -0.25) is 9.59 Å². The summed E-state index contributed by atoms with van der Waals surface area (Å²) in [5.41, 5.74) is 3.57. The molecule has 29 heavy (non-hydrogen) atoms. The number of anilines is 1. The van der Waals surface area contributed by atoms with Crippen LogP contribution >= 0.6 is 0 Å². The largest absolute Gasteiger partial charge is 0.490 e. The van der Waals surface area contributed by atoms with Gasteiger partial charge in [-0.15, -0.1) is 0 Å². The predicted octanol–water partition coefficient (Wildman–Crippen LogP) is 3.49. The highest BCUT2D eigenvalue weighted by Crippen LogP contribution is 2.27. The molecule has 2 rings (SSSR count). The monoisotopic (exact) mass is 401 g/mol. The van der Waals surface area contributed by atoms with Crippen LogP contribution in [0.3, 0.4) is 0 Å². The zero-order valence-electron chi connectivity index (χ0n) is 16.4. The molecule has 0 aliphatic heterocycles. The smallest absolute Gasteiger partial charge is 0.240 e. The highest BCUT2D eigenvalue weighted by Gasteiger charge is 2.08. The molecule has 0 heterocycles. The second-order valence-electron chi connectivity index (χ2n) is 5.92. The summed E-state index contributed by atoms with van der Waals surface area (Å²) in [4.78, 5) is 23.7. The van der Waals surface area contributed by atoms with Gasteiger partial charge < -0.3 is 14.8 Å². The van der Waals surface area contributed by atoms with Crippen LogP contribution in [0.15, 0.2) is 47.6 Å². The molecule has 0 saturated carbocycles. The standard InChI is InChI=1S/C21H24FN3O4/c1-3-28-18-10-5-15(13-19(18)29-4-2)14-23-25-21(27)12-11-20(26)24-17-8-6-16(22)7-9-17/h5-10,13-14H,3-4,11-12H2,1-2H3,(H,24,26)(H,25,27). The van der Waals surface area contributed by atoms with Crippen LogP contribution in [0.4, 0.5) is 10.1 Å². The van der Waals surface area contributed by atoms with Gasteiger partial charge in [0.15, 0.2) is 11.5 Å².